The number of anilines is 3. The van der Waals surface area contributed by atoms with Crippen LogP contribution < -0.4 is 25.3 Å². The highest BCUT2D eigenvalue weighted by molar-refractivity contribution is 5.87. The largest absolute Gasteiger partial charge is 0.376 e. The minimum Gasteiger partial charge on any atom is -0.376 e. The fraction of sp³-hybridized carbons (Fsp3) is 0.640. The third kappa shape index (κ3) is 6.93. The van der Waals surface area contributed by atoms with Gasteiger partial charge in [-0.3, -0.25) is 24.6 Å². The van der Waals surface area contributed by atoms with Crippen molar-refractivity contribution in [3.05, 3.63) is 18.2 Å². The summed E-state index contributed by atoms with van der Waals surface area (Å²) in [6.45, 7) is 9.55. The van der Waals surface area contributed by atoms with E-state index in [1.807, 2.05) is 32.0 Å². The Labute approximate surface area is 203 Å². The van der Waals surface area contributed by atoms with Gasteiger partial charge in [-0.15, -0.1) is 0 Å². The van der Waals surface area contributed by atoms with Gasteiger partial charge in [-0.05, 0) is 63.4 Å². The molecule has 1 aromatic carbocycles. The number of hydrogen-bond acceptors (Lipinski definition) is 7. The second-order valence-electron chi connectivity index (χ2n) is 9.63. The Balaban J connectivity index is 1.64. The Morgan fingerprint density at radius 2 is 1.85 bits per heavy atom. The molecule has 2 N–H and O–H groups in total. The van der Waals surface area contributed by atoms with E-state index in [4.69, 9.17) is 0 Å². The maximum absolute atomic E-state index is 12.0. The fourth-order valence-corrected chi connectivity index (χ4v) is 4.92. The summed E-state index contributed by atoms with van der Waals surface area (Å²) in [5.74, 6) is 0.475. The molecule has 0 bridgehead atoms. The van der Waals surface area contributed by atoms with Gasteiger partial charge in [0, 0.05) is 65.0 Å². The highest BCUT2D eigenvalue weighted by Gasteiger charge is 2.24. The lowest BCUT2D eigenvalue weighted by molar-refractivity contribution is -0.125. The molecule has 2 fully saturated rings. The minimum absolute atomic E-state index is 0.182. The van der Waals surface area contributed by atoms with Crippen LogP contribution in [0.25, 0.3) is 0 Å². The van der Waals surface area contributed by atoms with Crippen LogP contribution in [-0.2, 0) is 14.4 Å². The van der Waals surface area contributed by atoms with E-state index in [2.05, 4.69) is 32.6 Å². The average molecular weight is 473 g/mol. The van der Waals surface area contributed by atoms with Crippen molar-refractivity contribution in [1.82, 2.24) is 15.5 Å². The summed E-state index contributed by atoms with van der Waals surface area (Å²) in [6.07, 6.45) is 4.42. The molecule has 3 amide bonds. The second kappa shape index (κ2) is 12.7. The number of benzene rings is 1. The van der Waals surface area contributed by atoms with Crippen LogP contribution in [0.15, 0.2) is 18.2 Å². The lowest BCUT2D eigenvalue weighted by Crippen LogP contribution is -2.48. The van der Waals surface area contributed by atoms with Crippen molar-refractivity contribution in [3.63, 3.8) is 0 Å². The Morgan fingerprint density at radius 1 is 1.15 bits per heavy atom. The summed E-state index contributed by atoms with van der Waals surface area (Å²) in [4.78, 5) is 42.8. The first kappa shape index (κ1) is 26.0. The summed E-state index contributed by atoms with van der Waals surface area (Å²) in [5, 5.41) is 5.60. The molecule has 2 aliphatic rings. The third-order valence-corrected chi connectivity index (χ3v) is 7.03. The second-order valence-corrected chi connectivity index (χ2v) is 9.63. The van der Waals surface area contributed by atoms with E-state index in [1.54, 1.807) is 4.90 Å². The Bertz CT molecular complexity index is 819. The van der Waals surface area contributed by atoms with Crippen molar-refractivity contribution >= 4 is 35.8 Å². The summed E-state index contributed by atoms with van der Waals surface area (Å²) in [6, 6.07) is 6.06. The van der Waals surface area contributed by atoms with Crippen molar-refractivity contribution in [3.8, 4) is 0 Å². The first-order chi connectivity index (χ1) is 16.4. The van der Waals surface area contributed by atoms with Gasteiger partial charge in [0.1, 0.15) is 0 Å². The minimum atomic E-state index is -0.338. The van der Waals surface area contributed by atoms with E-state index in [0.717, 1.165) is 68.7 Å². The van der Waals surface area contributed by atoms with Gasteiger partial charge in [0.25, 0.3) is 0 Å². The lowest BCUT2D eigenvalue weighted by Gasteiger charge is -2.39. The zero-order valence-corrected chi connectivity index (χ0v) is 20.8. The van der Waals surface area contributed by atoms with Crippen LogP contribution in [0.2, 0.25) is 0 Å². The Morgan fingerprint density at radius 3 is 2.47 bits per heavy atom. The molecule has 34 heavy (non-hydrogen) atoms. The van der Waals surface area contributed by atoms with Gasteiger partial charge >= 0.3 is 0 Å². The molecule has 0 spiro atoms. The number of rotatable bonds is 11. The molecule has 1 unspecified atom stereocenters. The molecule has 0 saturated carbocycles. The van der Waals surface area contributed by atoms with Crippen molar-refractivity contribution < 1.29 is 14.4 Å². The summed E-state index contributed by atoms with van der Waals surface area (Å²) >= 11 is 0. The van der Waals surface area contributed by atoms with Gasteiger partial charge in [-0.1, -0.05) is 0 Å². The van der Waals surface area contributed by atoms with E-state index in [0.29, 0.717) is 12.8 Å². The summed E-state index contributed by atoms with van der Waals surface area (Å²) in [7, 11) is 3.95. The van der Waals surface area contributed by atoms with E-state index in [9.17, 15) is 14.4 Å². The molecule has 1 atom stereocenters. The SMILES string of the molecule is CC(CCC(=O)NC=O)N(C=O)c1ccc(N2CCN(CC3CCNCC3)CC2)cc1N(C)C. The number of nitrogens with zero attached hydrogens (tertiary/aromatic N) is 4. The number of hydrogen-bond donors (Lipinski definition) is 2. The van der Waals surface area contributed by atoms with Crippen LogP contribution >= 0.6 is 0 Å². The number of piperazine rings is 1. The zero-order chi connectivity index (χ0) is 24.5. The van der Waals surface area contributed by atoms with E-state index < -0.39 is 0 Å². The number of amides is 3. The topological polar surface area (TPSA) is 88.2 Å². The first-order valence-corrected chi connectivity index (χ1v) is 12.4. The molecule has 1 aromatic rings. The summed E-state index contributed by atoms with van der Waals surface area (Å²) in [5.41, 5.74) is 2.94. The quantitative estimate of drug-likeness (QED) is 0.469. The molecule has 9 nitrogen and oxygen atoms in total. The number of imide groups is 1. The van der Waals surface area contributed by atoms with Gasteiger partial charge in [-0.25, -0.2) is 0 Å². The predicted molar refractivity (Wildman–Crippen MR) is 136 cm³/mol. The standard InChI is InChI=1S/C25H40N6O3/c1-20(4-7-25(34)27-18-32)31(19-33)23-6-5-22(16-24(23)28(2)3)30-14-12-29(13-15-30)17-21-8-10-26-11-9-21/h5-6,16,18-21,26H,4,7-15,17H2,1-3H3,(H,27,32,34). The normalized spacial score (nSPS) is 18.3. The fourth-order valence-electron chi connectivity index (χ4n) is 4.92. The third-order valence-electron chi connectivity index (χ3n) is 7.03. The van der Waals surface area contributed by atoms with Crippen molar-refractivity contribution in [2.75, 3.05) is 74.6 Å². The van der Waals surface area contributed by atoms with Crippen LogP contribution in [-0.4, -0.2) is 89.6 Å². The van der Waals surface area contributed by atoms with E-state index in [1.165, 1.54) is 19.4 Å². The van der Waals surface area contributed by atoms with Crippen LogP contribution in [0.4, 0.5) is 17.1 Å². The van der Waals surface area contributed by atoms with E-state index in [-0.39, 0.29) is 18.4 Å². The number of nitrogens with one attached hydrogen (secondary N) is 2. The molecule has 0 radical (unpaired) electrons. The molecule has 9 heteroatoms. The van der Waals surface area contributed by atoms with Gasteiger partial charge in [0.15, 0.2) is 0 Å². The molecular formula is C25H40N6O3. The number of carbonyl (C=O) groups is 3. The molecular weight excluding hydrogens is 432 g/mol. The van der Waals surface area contributed by atoms with Crippen molar-refractivity contribution in [2.45, 2.75) is 38.6 Å². The molecule has 0 aliphatic carbocycles. The summed E-state index contributed by atoms with van der Waals surface area (Å²) < 4.78 is 0. The van der Waals surface area contributed by atoms with Crippen LogP contribution in [0, 0.1) is 5.92 Å². The average Bonchev–Trinajstić information content (AvgIpc) is 2.84. The number of piperidine rings is 1. The van der Waals surface area contributed by atoms with Gasteiger partial charge < -0.3 is 20.0 Å². The van der Waals surface area contributed by atoms with Crippen molar-refractivity contribution in [2.24, 2.45) is 5.92 Å². The highest BCUT2D eigenvalue weighted by atomic mass is 16.2. The molecule has 3 rings (SSSR count). The molecule has 2 heterocycles. The van der Waals surface area contributed by atoms with Gasteiger partial charge in [-0.2, -0.15) is 0 Å². The predicted octanol–water partition coefficient (Wildman–Crippen LogP) is 1.28. The monoisotopic (exact) mass is 472 g/mol. The van der Waals surface area contributed by atoms with Crippen LogP contribution in [0.3, 0.4) is 0 Å². The van der Waals surface area contributed by atoms with E-state index >= 15 is 0 Å². The number of carbonyl (C=O) groups excluding carboxylic acids is 3. The zero-order valence-electron chi connectivity index (χ0n) is 20.8. The molecule has 2 aliphatic heterocycles. The first-order valence-electron chi connectivity index (χ1n) is 12.4. The molecule has 188 valence electrons. The molecule has 2 saturated heterocycles. The Kier molecular flexibility index (Phi) is 9.71. The highest BCUT2D eigenvalue weighted by Crippen LogP contribution is 2.34. The lowest BCUT2D eigenvalue weighted by atomic mass is 9.97. The van der Waals surface area contributed by atoms with Gasteiger partial charge in [0.2, 0.25) is 18.7 Å². The maximum Gasteiger partial charge on any atom is 0.226 e. The Hall–Kier alpha value is -2.65. The maximum atomic E-state index is 12.0. The van der Waals surface area contributed by atoms with Crippen LogP contribution in [0.1, 0.15) is 32.6 Å². The van der Waals surface area contributed by atoms with Crippen LogP contribution in [0.5, 0.6) is 0 Å². The van der Waals surface area contributed by atoms with Gasteiger partial charge in [0.05, 0.1) is 11.4 Å². The smallest absolute Gasteiger partial charge is 0.226 e. The molecule has 0 aromatic heterocycles. The van der Waals surface area contributed by atoms with Crippen molar-refractivity contribution in [1.29, 1.82) is 0 Å².